The molecule has 0 unspecified atom stereocenters. The van der Waals surface area contributed by atoms with Crippen LogP contribution in [0.4, 0.5) is 0 Å². The summed E-state index contributed by atoms with van der Waals surface area (Å²) in [4.78, 5) is 11.4. The molecule has 0 aromatic carbocycles. The van der Waals surface area contributed by atoms with E-state index in [0.29, 0.717) is 6.42 Å². The fraction of sp³-hybridized carbons (Fsp3) is 0.929. The zero-order chi connectivity index (χ0) is 13.0. The Bertz CT molecular complexity index is 355. The van der Waals surface area contributed by atoms with Gasteiger partial charge in [-0.25, -0.2) is 0 Å². The number of carbonyl (C=O) groups is 1. The lowest BCUT2D eigenvalue weighted by Crippen LogP contribution is -2.80. The highest BCUT2D eigenvalue weighted by Crippen LogP contribution is 2.65. The van der Waals surface area contributed by atoms with Gasteiger partial charge in [0.05, 0.1) is 6.10 Å². The first-order valence-corrected chi connectivity index (χ1v) is 7.12. The van der Waals surface area contributed by atoms with Crippen molar-refractivity contribution in [1.29, 1.82) is 0 Å². The average molecular weight is 254 g/mol. The molecule has 3 aliphatic carbocycles. The molecule has 0 amide bonds. The SMILES string of the molecule is CC(=O)O[C@]12CCCC[C@H]1[C@@]1(O)[C@H](O)CCC[C@@H]21. The van der Waals surface area contributed by atoms with Crippen LogP contribution in [0.15, 0.2) is 0 Å². The van der Waals surface area contributed by atoms with Crippen molar-refractivity contribution in [2.75, 3.05) is 0 Å². The van der Waals surface area contributed by atoms with Crippen molar-refractivity contribution in [2.24, 2.45) is 11.8 Å². The minimum Gasteiger partial charge on any atom is -0.458 e. The molecule has 0 spiro atoms. The van der Waals surface area contributed by atoms with E-state index in [2.05, 4.69) is 0 Å². The highest BCUT2D eigenvalue weighted by molar-refractivity contribution is 5.67. The molecule has 0 bridgehead atoms. The minimum atomic E-state index is -1.01. The molecule has 5 atom stereocenters. The fourth-order valence-electron chi connectivity index (χ4n) is 4.89. The number of fused-ring (bicyclic) bond motifs is 4. The maximum atomic E-state index is 11.4. The van der Waals surface area contributed by atoms with E-state index < -0.39 is 17.3 Å². The first-order valence-electron chi connectivity index (χ1n) is 7.12. The van der Waals surface area contributed by atoms with E-state index in [-0.39, 0.29) is 17.8 Å². The van der Waals surface area contributed by atoms with E-state index >= 15 is 0 Å². The Hall–Kier alpha value is -0.610. The van der Waals surface area contributed by atoms with Gasteiger partial charge >= 0.3 is 5.97 Å². The number of aliphatic hydroxyl groups excluding tert-OH is 1. The summed E-state index contributed by atoms with van der Waals surface area (Å²) in [6.45, 7) is 1.44. The zero-order valence-corrected chi connectivity index (χ0v) is 10.9. The number of carbonyl (C=O) groups excluding carboxylic acids is 1. The van der Waals surface area contributed by atoms with Crippen LogP contribution in [0.5, 0.6) is 0 Å². The van der Waals surface area contributed by atoms with Gasteiger partial charge in [-0.05, 0) is 32.1 Å². The van der Waals surface area contributed by atoms with Gasteiger partial charge in [0.15, 0.2) is 0 Å². The summed E-state index contributed by atoms with van der Waals surface area (Å²) >= 11 is 0. The Balaban J connectivity index is 1.94. The van der Waals surface area contributed by atoms with Crippen LogP contribution in [0.2, 0.25) is 0 Å². The summed E-state index contributed by atoms with van der Waals surface area (Å²) in [5.74, 6) is -0.394. The monoisotopic (exact) mass is 254 g/mol. The molecule has 0 aromatic heterocycles. The third-order valence-corrected chi connectivity index (χ3v) is 5.44. The molecular formula is C14H22O4. The van der Waals surface area contributed by atoms with Crippen LogP contribution in [-0.2, 0) is 9.53 Å². The van der Waals surface area contributed by atoms with E-state index in [1.54, 1.807) is 0 Å². The van der Waals surface area contributed by atoms with Crippen LogP contribution in [0.25, 0.3) is 0 Å². The number of hydrogen-bond donors (Lipinski definition) is 2. The van der Waals surface area contributed by atoms with Crippen LogP contribution in [0, 0.1) is 11.8 Å². The Morgan fingerprint density at radius 1 is 1.17 bits per heavy atom. The predicted octanol–water partition coefficient (Wildman–Crippen LogP) is 1.38. The lowest BCUT2D eigenvalue weighted by atomic mass is 9.41. The van der Waals surface area contributed by atoms with Crippen LogP contribution in [-0.4, -0.2) is 33.5 Å². The third kappa shape index (κ3) is 1.36. The molecule has 2 N–H and O–H groups in total. The molecule has 3 aliphatic rings. The summed E-state index contributed by atoms with van der Waals surface area (Å²) in [5, 5.41) is 21.0. The fourth-order valence-corrected chi connectivity index (χ4v) is 4.89. The van der Waals surface area contributed by atoms with Gasteiger partial charge in [0.1, 0.15) is 11.2 Å². The summed E-state index contributed by atoms with van der Waals surface area (Å²) in [5.41, 5.74) is -1.49. The number of hydrogen-bond acceptors (Lipinski definition) is 4. The zero-order valence-electron chi connectivity index (χ0n) is 10.9. The molecule has 0 aromatic rings. The van der Waals surface area contributed by atoms with Gasteiger partial charge in [-0.3, -0.25) is 4.79 Å². The summed E-state index contributed by atoms with van der Waals surface area (Å²) in [6.07, 6.45) is 5.58. The van der Waals surface area contributed by atoms with Crippen LogP contribution in [0.3, 0.4) is 0 Å². The Morgan fingerprint density at radius 3 is 2.50 bits per heavy atom. The van der Waals surface area contributed by atoms with Crippen molar-refractivity contribution in [2.45, 2.75) is 69.2 Å². The minimum absolute atomic E-state index is 0.0667. The maximum Gasteiger partial charge on any atom is 0.303 e. The number of rotatable bonds is 1. The van der Waals surface area contributed by atoms with Gasteiger partial charge in [0.2, 0.25) is 0 Å². The van der Waals surface area contributed by atoms with Gasteiger partial charge in [0.25, 0.3) is 0 Å². The van der Waals surface area contributed by atoms with Gasteiger partial charge in [0, 0.05) is 18.8 Å². The predicted molar refractivity (Wildman–Crippen MR) is 64.8 cm³/mol. The van der Waals surface area contributed by atoms with Gasteiger partial charge < -0.3 is 14.9 Å². The second kappa shape index (κ2) is 3.94. The number of esters is 1. The molecule has 18 heavy (non-hydrogen) atoms. The summed E-state index contributed by atoms with van der Waals surface area (Å²) < 4.78 is 5.65. The second-order valence-electron chi connectivity index (χ2n) is 6.23. The van der Waals surface area contributed by atoms with E-state index in [0.717, 1.165) is 38.5 Å². The van der Waals surface area contributed by atoms with Crippen molar-refractivity contribution in [3.63, 3.8) is 0 Å². The topological polar surface area (TPSA) is 66.8 Å². The Labute approximate surface area is 107 Å². The molecule has 0 aliphatic heterocycles. The largest absolute Gasteiger partial charge is 0.458 e. The van der Waals surface area contributed by atoms with E-state index in [9.17, 15) is 15.0 Å². The Kier molecular flexibility index (Phi) is 2.72. The molecule has 0 heterocycles. The lowest BCUT2D eigenvalue weighted by molar-refractivity contribution is -0.345. The van der Waals surface area contributed by atoms with E-state index in [1.165, 1.54) is 6.92 Å². The number of aliphatic hydroxyl groups is 2. The van der Waals surface area contributed by atoms with E-state index in [1.807, 2.05) is 0 Å². The molecule has 3 rings (SSSR count). The quantitative estimate of drug-likeness (QED) is 0.694. The van der Waals surface area contributed by atoms with Gasteiger partial charge in [-0.2, -0.15) is 0 Å². The summed E-state index contributed by atoms with van der Waals surface area (Å²) in [7, 11) is 0. The van der Waals surface area contributed by atoms with Crippen molar-refractivity contribution in [3.8, 4) is 0 Å². The summed E-state index contributed by atoms with van der Waals surface area (Å²) in [6, 6.07) is 0. The molecule has 3 saturated carbocycles. The standard InChI is InChI=1S/C14H22O4/c1-9(15)18-13-8-3-2-5-10(13)14(17)11(13)6-4-7-12(14)16/h10-12,16-17H,2-8H2,1H3/t10-,11+,12-,13-,14+/m1/s1. The van der Waals surface area contributed by atoms with Crippen molar-refractivity contribution in [1.82, 2.24) is 0 Å². The Morgan fingerprint density at radius 2 is 1.83 bits per heavy atom. The lowest BCUT2D eigenvalue weighted by Gasteiger charge is -2.69. The van der Waals surface area contributed by atoms with Crippen molar-refractivity contribution >= 4 is 5.97 Å². The first-order chi connectivity index (χ1) is 8.52. The highest BCUT2D eigenvalue weighted by Gasteiger charge is 2.75. The second-order valence-corrected chi connectivity index (χ2v) is 6.23. The van der Waals surface area contributed by atoms with Crippen LogP contribution in [0.1, 0.15) is 51.9 Å². The maximum absolute atomic E-state index is 11.4. The molecule has 4 nitrogen and oxygen atoms in total. The molecule has 4 heteroatoms. The molecule has 3 fully saturated rings. The highest BCUT2D eigenvalue weighted by atomic mass is 16.6. The molecule has 0 saturated heterocycles. The normalized spacial score (nSPS) is 50.7. The van der Waals surface area contributed by atoms with Gasteiger partial charge in [-0.15, -0.1) is 0 Å². The van der Waals surface area contributed by atoms with Crippen molar-refractivity contribution < 1.29 is 19.7 Å². The van der Waals surface area contributed by atoms with Gasteiger partial charge in [-0.1, -0.05) is 12.8 Å². The first kappa shape index (κ1) is 12.4. The molecular weight excluding hydrogens is 232 g/mol. The third-order valence-electron chi connectivity index (χ3n) is 5.44. The van der Waals surface area contributed by atoms with Crippen LogP contribution < -0.4 is 0 Å². The smallest absolute Gasteiger partial charge is 0.303 e. The van der Waals surface area contributed by atoms with Crippen LogP contribution >= 0.6 is 0 Å². The number of ether oxygens (including phenoxy) is 1. The molecule has 102 valence electrons. The van der Waals surface area contributed by atoms with E-state index in [4.69, 9.17) is 4.74 Å². The molecule has 0 radical (unpaired) electrons. The average Bonchev–Trinajstić information content (AvgIpc) is 2.31. The van der Waals surface area contributed by atoms with Crippen molar-refractivity contribution in [3.05, 3.63) is 0 Å².